The Morgan fingerprint density at radius 3 is 2.52 bits per heavy atom. The maximum atomic E-state index is 13.2. The van der Waals surface area contributed by atoms with Gasteiger partial charge in [0.25, 0.3) is 5.91 Å². The number of thiophene rings is 1. The minimum Gasteiger partial charge on any atom is -0.398 e. The number of carbonyl (C=O) groups is 1. The van der Waals surface area contributed by atoms with Crippen LogP contribution in [0.15, 0.2) is 48.4 Å². The Morgan fingerprint density at radius 2 is 1.94 bits per heavy atom. The van der Waals surface area contributed by atoms with Crippen LogP contribution in [0.3, 0.4) is 0 Å². The number of benzene rings is 1. The maximum Gasteiger partial charge on any atom is 0.422 e. The van der Waals surface area contributed by atoms with E-state index in [-0.39, 0.29) is 6.54 Å². The van der Waals surface area contributed by atoms with Crippen molar-refractivity contribution in [3.63, 3.8) is 0 Å². The lowest BCUT2D eigenvalue weighted by Crippen LogP contribution is -2.49. The van der Waals surface area contributed by atoms with Crippen LogP contribution in [0.4, 0.5) is 13.2 Å². The van der Waals surface area contributed by atoms with Gasteiger partial charge in [0, 0.05) is 33.7 Å². The van der Waals surface area contributed by atoms with Gasteiger partial charge in [0.2, 0.25) is 5.60 Å². The molecular weight excluding hydrogens is 455 g/mol. The first-order chi connectivity index (χ1) is 15.4. The van der Waals surface area contributed by atoms with Crippen molar-refractivity contribution in [1.82, 2.24) is 9.99 Å². The molecule has 2 heterocycles. The van der Waals surface area contributed by atoms with Gasteiger partial charge in [-0.15, -0.1) is 11.3 Å². The molecule has 0 bridgehead atoms. The number of pyridine rings is 1. The maximum absolute atomic E-state index is 13.2. The van der Waals surface area contributed by atoms with Gasteiger partial charge >= 0.3 is 6.18 Å². The standard InChI is InChI=1S/C22H24F3N5O2S/c1-3-21(32,22(23,24)25)17(26)11-30(28)10-13-4-5-15-16(9-13)33-19(20(27)31)18(15)14-6-7-29-12(2)8-14/h4-9,11,32H,3,10,26,28H2,1-2H3,(H2,27,31)/b17-11-. The minimum atomic E-state index is -4.94. The van der Waals surface area contributed by atoms with Crippen molar-refractivity contribution in [3.8, 4) is 11.1 Å². The predicted octanol–water partition coefficient (Wildman–Crippen LogP) is 3.55. The summed E-state index contributed by atoms with van der Waals surface area (Å²) in [5, 5.41) is 11.7. The summed E-state index contributed by atoms with van der Waals surface area (Å²) in [6, 6.07) is 8.98. The number of aryl methyl sites for hydroxylation is 1. The van der Waals surface area contributed by atoms with E-state index in [4.69, 9.17) is 17.3 Å². The third kappa shape index (κ3) is 4.80. The second-order valence-electron chi connectivity index (χ2n) is 7.66. The SMILES string of the molecule is CCC(O)(/C(N)=C/N(N)Cc1ccc2c(-c3ccnc(C)c3)c(C(N)=O)sc2c1)C(F)(F)F. The number of amides is 1. The molecule has 33 heavy (non-hydrogen) atoms. The average molecular weight is 480 g/mol. The lowest BCUT2D eigenvalue weighted by molar-refractivity contribution is -0.245. The highest BCUT2D eigenvalue weighted by Gasteiger charge is 2.54. The first-order valence-corrected chi connectivity index (χ1v) is 10.8. The van der Waals surface area contributed by atoms with Crippen LogP contribution in [0, 0.1) is 6.92 Å². The van der Waals surface area contributed by atoms with Crippen molar-refractivity contribution in [1.29, 1.82) is 0 Å². The largest absolute Gasteiger partial charge is 0.422 e. The molecule has 1 amide bonds. The molecule has 2 aromatic heterocycles. The Hall–Kier alpha value is -3.15. The molecule has 7 N–H and O–H groups in total. The molecule has 3 aromatic rings. The van der Waals surface area contributed by atoms with E-state index in [1.807, 2.05) is 13.0 Å². The summed E-state index contributed by atoms with van der Waals surface area (Å²) < 4.78 is 40.4. The Kier molecular flexibility index (Phi) is 6.68. The summed E-state index contributed by atoms with van der Waals surface area (Å²) in [6.07, 6.45) is -3.07. The number of hydrogen-bond acceptors (Lipinski definition) is 7. The first kappa shape index (κ1) is 24.5. The minimum absolute atomic E-state index is 0.0157. The van der Waals surface area contributed by atoms with Crippen molar-refractivity contribution in [2.75, 3.05) is 0 Å². The number of nitrogens with two attached hydrogens (primary N) is 3. The molecule has 1 unspecified atom stereocenters. The first-order valence-electron chi connectivity index (χ1n) is 9.93. The Morgan fingerprint density at radius 1 is 1.24 bits per heavy atom. The fourth-order valence-corrected chi connectivity index (χ4v) is 4.65. The van der Waals surface area contributed by atoms with E-state index in [0.717, 1.165) is 32.6 Å². The number of carbonyl (C=O) groups excluding carboxylic acids is 1. The monoisotopic (exact) mass is 479 g/mol. The number of aromatic nitrogens is 1. The summed E-state index contributed by atoms with van der Waals surface area (Å²) >= 11 is 1.22. The molecule has 0 spiro atoms. The fraction of sp³-hybridized carbons (Fsp3) is 0.273. The number of alkyl halides is 3. The highest BCUT2D eigenvalue weighted by Crippen LogP contribution is 2.39. The lowest BCUT2D eigenvalue weighted by atomic mass is 9.96. The molecule has 0 aliphatic heterocycles. The van der Waals surface area contributed by atoms with Crippen molar-refractivity contribution in [2.24, 2.45) is 17.3 Å². The number of hydrogen-bond donors (Lipinski definition) is 4. The number of nitrogens with zero attached hydrogens (tertiary/aromatic N) is 2. The van der Waals surface area contributed by atoms with Crippen LogP contribution >= 0.6 is 11.3 Å². The second-order valence-corrected chi connectivity index (χ2v) is 8.71. The van der Waals surface area contributed by atoms with Crippen LogP contribution < -0.4 is 17.3 Å². The van der Waals surface area contributed by atoms with E-state index in [0.29, 0.717) is 16.0 Å². The fourth-order valence-electron chi connectivity index (χ4n) is 3.51. The molecule has 0 radical (unpaired) electrons. The van der Waals surface area contributed by atoms with Crippen LogP contribution in [-0.4, -0.2) is 32.8 Å². The van der Waals surface area contributed by atoms with Gasteiger partial charge in [0.15, 0.2) is 0 Å². The van der Waals surface area contributed by atoms with E-state index in [1.54, 1.807) is 30.5 Å². The zero-order valence-corrected chi connectivity index (χ0v) is 18.8. The van der Waals surface area contributed by atoms with Crippen LogP contribution in [-0.2, 0) is 6.54 Å². The molecule has 0 saturated heterocycles. The molecular formula is C22H24F3N5O2S. The van der Waals surface area contributed by atoms with Crippen LogP contribution in [0.2, 0.25) is 0 Å². The van der Waals surface area contributed by atoms with E-state index in [9.17, 15) is 23.1 Å². The van der Waals surface area contributed by atoms with Crippen molar-refractivity contribution >= 4 is 27.3 Å². The zero-order chi connectivity index (χ0) is 24.6. The molecule has 0 aliphatic rings. The lowest BCUT2D eigenvalue weighted by Gasteiger charge is -2.30. The van der Waals surface area contributed by atoms with Gasteiger partial charge in [-0.3, -0.25) is 9.78 Å². The number of halogens is 3. The van der Waals surface area contributed by atoms with Gasteiger partial charge in [0.05, 0.1) is 12.2 Å². The van der Waals surface area contributed by atoms with E-state index in [2.05, 4.69) is 4.98 Å². The van der Waals surface area contributed by atoms with E-state index in [1.165, 1.54) is 18.3 Å². The Bertz CT molecular complexity index is 1220. The van der Waals surface area contributed by atoms with Gasteiger partial charge in [-0.1, -0.05) is 19.1 Å². The number of primary amides is 1. The topological polar surface area (TPSA) is 131 Å². The second kappa shape index (κ2) is 9.00. The number of hydrazine groups is 1. The van der Waals surface area contributed by atoms with Crippen molar-refractivity contribution < 1.29 is 23.1 Å². The molecule has 1 atom stereocenters. The molecule has 7 nitrogen and oxygen atoms in total. The molecule has 1 aromatic carbocycles. The quantitative estimate of drug-likeness (QED) is 0.303. The third-order valence-corrected chi connectivity index (χ3v) is 6.46. The number of fused-ring (bicyclic) bond motifs is 1. The number of rotatable bonds is 7. The smallest absolute Gasteiger partial charge is 0.398 e. The zero-order valence-electron chi connectivity index (χ0n) is 18.0. The average Bonchev–Trinajstić information content (AvgIpc) is 3.11. The summed E-state index contributed by atoms with van der Waals surface area (Å²) in [5.74, 6) is 5.29. The van der Waals surface area contributed by atoms with Crippen LogP contribution in [0.1, 0.15) is 34.3 Å². The summed E-state index contributed by atoms with van der Waals surface area (Å²) in [7, 11) is 0. The van der Waals surface area contributed by atoms with Gasteiger partial charge in [0.1, 0.15) is 4.88 Å². The Labute approximate surface area is 192 Å². The van der Waals surface area contributed by atoms with Crippen LogP contribution in [0.5, 0.6) is 0 Å². The highest BCUT2D eigenvalue weighted by atomic mass is 32.1. The highest BCUT2D eigenvalue weighted by molar-refractivity contribution is 7.21. The van der Waals surface area contributed by atoms with Gasteiger partial charge in [-0.05, 0) is 42.7 Å². The Balaban J connectivity index is 1.96. The van der Waals surface area contributed by atoms with Crippen molar-refractivity contribution in [3.05, 3.63) is 64.6 Å². The predicted molar refractivity (Wildman–Crippen MR) is 122 cm³/mol. The van der Waals surface area contributed by atoms with Gasteiger partial charge in [-0.2, -0.15) is 13.2 Å². The summed E-state index contributed by atoms with van der Waals surface area (Å²) in [4.78, 5) is 16.7. The molecule has 11 heteroatoms. The summed E-state index contributed by atoms with van der Waals surface area (Å²) in [5.41, 5.74) is 10.1. The molecule has 0 saturated carbocycles. The molecule has 3 rings (SSSR count). The normalized spacial score (nSPS) is 14.3. The third-order valence-electron chi connectivity index (χ3n) is 5.29. The summed E-state index contributed by atoms with van der Waals surface area (Å²) in [6.45, 7) is 3.04. The van der Waals surface area contributed by atoms with Gasteiger partial charge in [-0.25, -0.2) is 5.84 Å². The number of aliphatic hydroxyl groups is 1. The van der Waals surface area contributed by atoms with E-state index >= 15 is 0 Å². The van der Waals surface area contributed by atoms with Crippen molar-refractivity contribution in [2.45, 2.75) is 38.6 Å². The molecule has 176 valence electrons. The van der Waals surface area contributed by atoms with Crippen LogP contribution in [0.25, 0.3) is 21.2 Å². The molecule has 0 aliphatic carbocycles. The van der Waals surface area contributed by atoms with E-state index < -0.39 is 29.8 Å². The molecule has 0 fully saturated rings. The van der Waals surface area contributed by atoms with Gasteiger partial charge < -0.3 is 21.6 Å².